The van der Waals surface area contributed by atoms with Gasteiger partial charge in [0, 0.05) is 10.5 Å². The van der Waals surface area contributed by atoms with Crippen LogP contribution in [0.3, 0.4) is 0 Å². The molecule has 0 fully saturated rings. The Morgan fingerprint density at radius 2 is 1.33 bits per heavy atom. The second-order valence-electron chi connectivity index (χ2n) is 7.26. The van der Waals surface area contributed by atoms with Gasteiger partial charge in [-0.2, -0.15) is 0 Å². The number of benzene rings is 4. The first-order chi connectivity index (χ1) is 14.4. The molecule has 0 aliphatic carbocycles. The predicted octanol–water partition coefficient (Wildman–Crippen LogP) is 7.02. The maximum Gasteiger partial charge on any atom is 0.207 e. The van der Waals surface area contributed by atoms with Crippen molar-refractivity contribution in [2.45, 2.75) is 23.6 Å². The molecule has 4 aromatic carbocycles. The highest BCUT2D eigenvalue weighted by molar-refractivity contribution is 8.05. The van der Waals surface area contributed by atoms with Crippen molar-refractivity contribution in [3.05, 3.63) is 113 Å². The van der Waals surface area contributed by atoms with Crippen LogP contribution in [0.1, 0.15) is 16.7 Å². The summed E-state index contributed by atoms with van der Waals surface area (Å²) in [5, 5.41) is 3.70. The Kier molecular flexibility index (Phi) is 5.80. The third kappa shape index (κ3) is 4.20. The van der Waals surface area contributed by atoms with Gasteiger partial charge in [0.15, 0.2) is 0 Å². The van der Waals surface area contributed by atoms with Crippen LogP contribution in [-0.4, -0.2) is 8.42 Å². The number of hydrogen-bond acceptors (Lipinski definition) is 3. The predicted molar refractivity (Wildman–Crippen MR) is 127 cm³/mol. The largest absolute Gasteiger partial charge is 0.218 e. The van der Waals surface area contributed by atoms with E-state index in [1.165, 1.54) is 17.3 Å². The van der Waals surface area contributed by atoms with Crippen LogP contribution in [0.25, 0.3) is 15.7 Å². The van der Waals surface area contributed by atoms with Gasteiger partial charge in [-0.15, -0.1) is 0 Å². The lowest BCUT2D eigenvalue weighted by Crippen LogP contribution is -2.05. The molecular weight excluding hydrogens is 408 g/mol. The molecule has 0 aliphatic rings. The fourth-order valence-corrected chi connectivity index (χ4v) is 5.82. The van der Waals surface area contributed by atoms with E-state index >= 15 is 0 Å². The molecule has 0 N–H and O–H groups in total. The minimum atomic E-state index is -3.70. The van der Waals surface area contributed by atoms with Gasteiger partial charge in [0.25, 0.3) is 0 Å². The monoisotopic (exact) mass is 430 g/mol. The van der Waals surface area contributed by atoms with Gasteiger partial charge in [-0.05, 0) is 54.3 Å². The average Bonchev–Trinajstić information content (AvgIpc) is 2.75. The van der Waals surface area contributed by atoms with Crippen molar-refractivity contribution in [2.24, 2.45) is 0 Å². The van der Waals surface area contributed by atoms with E-state index in [1.807, 2.05) is 92.7 Å². The van der Waals surface area contributed by atoms with Crippen LogP contribution in [0.4, 0.5) is 0 Å². The fourth-order valence-electron chi connectivity index (χ4n) is 3.29. The van der Waals surface area contributed by atoms with Gasteiger partial charge in [-0.25, -0.2) is 8.42 Å². The standard InChI is InChI=1S/C26H22O2S2/c1-19-10-14-22(15-11-19)29-18-26(30(27,28)23-16-12-20(2)13-17-23)25-9-5-7-21-6-3-4-8-24(21)25/h3-18H,1-2H3/b26-18+. The highest BCUT2D eigenvalue weighted by Crippen LogP contribution is 2.36. The van der Waals surface area contributed by atoms with Crippen molar-refractivity contribution in [3.8, 4) is 0 Å². The van der Waals surface area contributed by atoms with Crippen molar-refractivity contribution in [1.29, 1.82) is 0 Å². The van der Waals surface area contributed by atoms with Crippen molar-refractivity contribution in [2.75, 3.05) is 0 Å². The van der Waals surface area contributed by atoms with Gasteiger partial charge in [-0.3, -0.25) is 0 Å². The first-order valence-corrected chi connectivity index (χ1v) is 12.0. The first kappa shape index (κ1) is 20.5. The van der Waals surface area contributed by atoms with Gasteiger partial charge in [0.2, 0.25) is 9.84 Å². The second-order valence-corrected chi connectivity index (χ2v) is 10.1. The molecule has 0 saturated heterocycles. The Hall–Kier alpha value is -2.82. The van der Waals surface area contributed by atoms with E-state index in [0.717, 1.165) is 21.2 Å². The van der Waals surface area contributed by atoms with Crippen LogP contribution >= 0.6 is 11.8 Å². The van der Waals surface area contributed by atoms with E-state index < -0.39 is 9.84 Å². The zero-order valence-electron chi connectivity index (χ0n) is 16.9. The number of fused-ring (bicyclic) bond motifs is 1. The molecule has 4 heteroatoms. The summed E-state index contributed by atoms with van der Waals surface area (Å²) in [6.07, 6.45) is 0. The Morgan fingerprint density at radius 3 is 2.03 bits per heavy atom. The molecule has 2 nitrogen and oxygen atoms in total. The van der Waals surface area contributed by atoms with Crippen LogP contribution < -0.4 is 0 Å². The molecule has 4 aromatic rings. The fraction of sp³-hybridized carbons (Fsp3) is 0.0769. The van der Waals surface area contributed by atoms with Crippen molar-refractivity contribution in [1.82, 2.24) is 0 Å². The Balaban J connectivity index is 1.89. The lowest BCUT2D eigenvalue weighted by atomic mass is 10.0. The number of sulfone groups is 1. The van der Waals surface area contributed by atoms with Crippen LogP contribution in [0.5, 0.6) is 0 Å². The van der Waals surface area contributed by atoms with Gasteiger partial charge in [-0.1, -0.05) is 89.6 Å². The Morgan fingerprint density at radius 1 is 0.733 bits per heavy atom. The average molecular weight is 431 g/mol. The van der Waals surface area contributed by atoms with E-state index in [1.54, 1.807) is 17.5 Å². The van der Waals surface area contributed by atoms with E-state index in [4.69, 9.17) is 0 Å². The van der Waals surface area contributed by atoms with Crippen molar-refractivity contribution >= 4 is 37.3 Å². The SMILES string of the molecule is Cc1ccc(S/C=C(\c2cccc3ccccc23)S(=O)(=O)c2ccc(C)cc2)cc1. The van der Waals surface area contributed by atoms with Crippen molar-refractivity contribution in [3.63, 3.8) is 0 Å². The summed E-state index contributed by atoms with van der Waals surface area (Å²) in [4.78, 5) is 1.61. The molecule has 0 radical (unpaired) electrons. The highest BCUT2D eigenvalue weighted by Gasteiger charge is 2.24. The smallest absolute Gasteiger partial charge is 0.207 e. The minimum absolute atomic E-state index is 0.303. The Bertz CT molecular complexity index is 1310. The van der Waals surface area contributed by atoms with Gasteiger partial charge >= 0.3 is 0 Å². The molecule has 0 spiro atoms. The number of thioether (sulfide) groups is 1. The molecule has 0 aromatic heterocycles. The third-order valence-electron chi connectivity index (χ3n) is 5.00. The van der Waals surface area contributed by atoms with Gasteiger partial charge in [0.1, 0.15) is 0 Å². The quantitative estimate of drug-likeness (QED) is 0.319. The van der Waals surface area contributed by atoms with E-state index in [9.17, 15) is 8.42 Å². The summed E-state index contributed by atoms with van der Waals surface area (Å²) in [5.74, 6) is 0. The molecule has 4 rings (SSSR count). The van der Waals surface area contributed by atoms with E-state index in [0.29, 0.717) is 15.4 Å². The molecule has 0 aliphatic heterocycles. The molecule has 0 saturated carbocycles. The first-order valence-electron chi connectivity index (χ1n) is 9.68. The number of aryl methyl sites for hydroxylation is 2. The zero-order valence-corrected chi connectivity index (χ0v) is 18.5. The maximum absolute atomic E-state index is 13.7. The summed E-state index contributed by atoms with van der Waals surface area (Å²) in [7, 11) is -3.70. The topological polar surface area (TPSA) is 34.1 Å². The lowest BCUT2D eigenvalue weighted by Gasteiger charge is -2.13. The van der Waals surface area contributed by atoms with Crippen LogP contribution in [0.15, 0.2) is 106 Å². The van der Waals surface area contributed by atoms with E-state index in [2.05, 4.69) is 0 Å². The molecule has 0 bridgehead atoms. The lowest BCUT2D eigenvalue weighted by molar-refractivity contribution is 0.606. The van der Waals surface area contributed by atoms with Crippen LogP contribution in [0, 0.1) is 13.8 Å². The summed E-state index contributed by atoms with van der Waals surface area (Å²) in [6.45, 7) is 3.98. The van der Waals surface area contributed by atoms with Gasteiger partial charge in [0.05, 0.1) is 9.80 Å². The maximum atomic E-state index is 13.7. The molecule has 0 heterocycles. The molecule has 30 heavy (non-hydrogen) atoms. The summed E-state index contributed by atoms with van der Waals surface area (Å²) in [5.41, 5.74) is 2.91. The minimum Gasteiger partial charge on any atom is -0.218 e. The van der Waals surface area contributed by atoms with Crippen LogP contribution in [0.2, 0.25) is 0 Å². The van der Waals surface area contributed by atoms with Crippen molar-refractivity contribution < 1.29 is 8.42 Å². The molecule has 0 unspecified atom stereocenters. The second kappa shape index (κ2) is 8.50. The van der Waals surface area contributed by atoms with Crippen LogP contribution in [-0.2, 0) is 9.84 Å². The normalized spacial score (nSPS) is 12.3. The number of rotatable bonds is 5. The zero-order chi connectivity index (χ0) is 21.1. The number of hydrogen-bond donors (Lipinski definition) is 0. The summed E-state index contributed by atoms with van der Waals surface area (Å²) >= 11 is 1.42. The highest BCUT2D eigenvalue weighted by atomic mass is 32.2. The molecule has 0 amide bonds. The third-order valence-corrected chi connectivity index (χ3v) is 7.86. The van der Waals surface area contributed by atoms with Gasteiger partial charge < -0.3 is 0 Å². The summed E-state index contributed by atoms with van der Waals surface area (Å²) < 4.78 is 27.4. The van der Waals surface area contributed by atoms with E-state index in [-0.39, 0.29) is 0 Å². The molecular formula is C26H22O2S2. The molecule has 0 atom stereocenters. The molecule has 150 valence electrons. The Labute approximate surface area is 182 Å². The summed E-state index contributed by atoms with van der Waals surface area (Å²) in [6, 6.07) is 28.8.